The molecule has 0 aliphatic carbocycles. The maximum absolute atomic E-state index is 12.8. The number of nitrogens with two attached hydrogens (primary N) is 1. The van der Waals surface area contributed by atoms with E-state index in [0.717, 1.165) is 10.9 Å². The van der Waals surface area contributed by atoms with Crippen LogP contribution in [0.3, 0.4) is 0 Å². The Balaban J connectivity index is 1.29. The second-order valence-corrected chi connectivity index (χ2v) is 8.92. The normalized spacial score (nSPS) is 19.1. The van der Waals surface area contributed by atoms with Crippen LogP contribution in [0.5, 0.6) is 5.75 Å². The van der Waals surface area contributed by atoms with E-state index in [0.29, 0.717) is 49.5 Å². The molecular weight excluding hydrogens is 452 g/mol. The highest BCUT2D eigenvalue weighted by molar-refractivity contribution is 6.03. The Morgan fingerprint density at radius 1 is 1.09 bits per heavy atom. The van der Waals surface area contributed by atoms with E-state index in [4.69, 9.17) is 10.5 Å². The number of aromatic nitrogens is 3. The molecular formula is C24H26N6O5. The summed E-state index contributed by atoms with van der Waals surface area (Å²) in [6.45, 7) is 1.02. The van der Waals surface area contributed by atoms with Gasteiger partial charge in [-0.3, -0.25) is 29.2 Å². The zero-order chi connectivity index (χ0) is 24.7. The molecule has 0 bridgehead atoms. The number of ether oxygens (including phenoxy) is 1. The van der Waals surface area contributed by atoms with Crippen molar-refractivity contribution in [3.05, 3.63) is 47.4 Å². The van der Waals surface area contributed by atoms with Crippen molar-refractivity contribution in [2.75, 3.05) is 13.1 Å². The molecule has 182 valence electrons. The van der Waals surface area contributed by atoms with Crippen molar-refractivity contribution in [2.24, 2.45) is 12.8 Å². The molecule has 2 saturated heterocycles. The standard InChI is InChI=1S/C24H26N6O5/c1-29-21-14(20(28-29)15-5-8-19(31)27-23(15)33)3-2-4-18(21)35-13-9-11-30(12-10-13)24(34)17-7-6-16(26-17)22(25)32/h2-4,6-7,13,15,26H,5,8-12H2,1H3,(H2,25,32)(H,27,31,33). The molecule has 11 heteroatoms. The minimum absolute atomic E-state index is 0.0941. The maximum Gasteiger partial charge on any atom is 0.270 e. The van der Waals surface area contributed by atoms with Crippen LogP contribution in [0.15, 0.2) is 30.3 Å². The number of nitrogens with one attached hydrogen (secondary N) is 2. The van der Waals surface area contributed by atoms with E-state index >= 15 is 0 Å². The Morgan fingerprint density at radius 3 is 2.51 bits per heavy atom. The largest absolute Gasteiger partial charge is 0.488 e. The average molecular weight is 479 g/mol. The Hall–Kier alpha value is -4.15. The van der Waals surface area contributed by atoms with Gasteiger partial charge in [0.2, 0.25) is 11.8 Å². The quantitative estimate of drug-likeness (QED) is 0.469. The van der Waals surface area contributed by atoms with Gasteiger partial charge in [0.25, 0.3) is 11.8 Å². The molecule has 0 saturated carbocycles. The summed E-state index contributed by atoms with van der Waals surface area (Å²) < 4.78 is 8.05. The van der Waals surface area contributed by atoms with E-state index in [2.05, 4.69) is 15.4 Å². The topological polar surface area (TPSA) is 152 Å². The highest BCUT2D eigenvalue weighted by atomic mass is 16.5. The Bertz CT molecular complexity index is 1330. The fourth-order valence-corrected chi connectivity index (χ4v) is 4.83. The third-order valence-corrected chi connectivity index (χ3v) is 6.63. The SMILES string of the molecule is Cn1nc(C2CCC(=O)NC2=O)c2cccc(OC3CCN(C(=O)c4ccc(C(N)=O)[nH]4)CC3)c21. The number of hydrogen-bond acceptors (Lipinski definition) is 6. The van der Waals surface area contributed by atoms with Gasteiger partial charge in [-0.15, -0.1) is 0 Å². The van der Waals surface area contributed by atoms with Gasteiger partial charge in [0.15, 0.2) is 0 Å². The molecule has 35 heavy (non-hydrogen) atoms. The number of carbonyl (C=O) groups excluding carboxylic acids is 4. The zero-order valence-electron chi connectivity index (χ0n) is 19.2. The van der Waals surface area contributed by atoms with Gasteiger partial charge in [0, 0.05) is 44.8 Å². The van der Waals surface area contributed by atoms with Gasteiger partial charge in [0.1, 0.15) is 28.8 Å². The van der Waals surface area contributed by atoms with E-state index in [9.17, 15) is 19.2 Å². The second kappa shape index (κ2) is 8.90. The van der Waals surface area contributed by atoms with Crippen LogP contribution in [0.4, 0.5) is 0 Å². The number of carbonyl (C=O) groups is 4. The summed E-state index contributed by atoms with van der Waals surface area (Å²) >= 11 is 0. The molecule has 4 N–H and O–H groups in total. The van der Waals surface area contributed by atoms with E-state index < -0.39 is 11.8 Å². The number of aromatic amines is 1. The lowest BCUT2D eigenvalue weighted by molar-refractivity contribution is -0.134. The fraction of sp³-hybridized carbons (Fsp3) is 0.375. The average Bonchev–Trinajstić information content (AvgIpc) is 3.45. The summed E-state index contributed by atoms with van der Waals surface area (Å²) in [5.41, 5.74) is 7.21. The minimum Gasteiger partial charge on any atom is -0.488 e. The molecule has 2 aromatic heterocycles. The molecule has 2 aliphatic rings. The van der Waals surface area contributed by atoms with Crippen LogP contribution in [0.1, 0.15) is 58.3 Å². The number of imide groups is 1. The van der Waals surface area contributed by atoms with Gasteiger partial charge < -0.3 is 20.4 Å². The molecule has 0 radical (unpaired) electrons. The number of fused-ring (bicyclic) bond motifs is 1. The van der Waals surface area contributed by atoms with Crippen LogP contribution in [-0.4, -0.2) is 62.5 Å². The number of nitrogens with zero attached hydrogens (tertiary/aromatic N) is 3. The lowest BCUT2D eigenvalue weighted by atomic mass is 9.93. The smallest absolute Gasteiger partial charge is 0.270 e. The van der Waals surface area contributed by atoms with E-state index in [1.165, 1.54) is 6.07 Å². The minimum atomic E-state index is -0.610. The number of para-hydroxylation sites is 1. The molecule has 11 nitrogen and oxygen atoms in total. The molecule has 1 unspecified atom stereocenters. The predicted molar refractivity (Wildman–Crippen MR) is 125 cm³/mol. The summed E-state index contributed by atoms with van der Waals surface area (Å²) in [5, 5.41) is 7.82. The first-order valence-corrected chi connectivity index (χ1v) is 11.6. The number of hydrogen-bond donors (Lipinski definition) is 3. The maximum atomic E-state index is 12.8. The molecule has 4 heterocycles. The molecule has 0 spiro atoms. The number of piperidine rings is 2. The van der Waals surface area contributed by atoms with Crippen LogP contribution in [-0.2, 0) is 16.6 Å². The first-order valence-electron chi connectivity index (χ1n) is 11.6. The summed E-state index contributed by atoms with van der Waals surface area (Å²) in [4.78, 5) is 52.5. The van der Waals surface area contributed by atoms with Crippen LogP contribution in [0.25, 0.3) is 10.9 Å². The van der Waals surface area contributed by atoms with Crippen molar-refractivity contribution in [3.63, 3.8) is 0 Å². The predicted octanol–water partition coefficient (Wildman–Crippen LogP) is 1.20. The number of aryl methyl sites for hydroxylation is 1. The molecule has 1 atom stereocenters. The van der Waals surface area contributed by atoms with Gasteiger partial charge in [-0.1, -0.05) is 12.1 Å². The fourth-order valence-electron chi connectivity index (χ4n) is 4.83. The van der Waals surface area contributed by atoms with Crippen LogP contribution in [0.2, 0.25) is 0 Å². The Morgan fingerprint density at radius 2 is 1.83 bits per heavy atom. The summed E-state index contributed by atoms with van der Waals surface area (Å²) in [6, 6.07) is 8.72. The summed E-state index contributed by atoms with van der Waals surface area (Å²) in [5.74, 6) is -1.19. The number of primary amides is 1. The number of benzene rings is 1. The third kappa shape index (κ3) is 4.25. The van der Waals surface area contributed by atoms with Crippen molar-refractivity contribution >= 4 is 34.5 Å². The van der Waals surface area contributed by atoms with Gasteiger partial charge in [-0.2, -0.15) is 5.10 Å². The number of H-pyrrole nitrogens is 1. The Kier molecular flexibility index (Phi) is 5.75. The van der Waals surface area contributed by atoms with Crippen LogP contribution < -0.4 is 15.8 Å². The molecule has 1 aromatic carbocycles. The third-order valence-electron chi connectivity index (χ3n) is 6.63. The van der Waals surface area contributed by atoms with Crippen molar-refractivity contribution in [3.8, 4) is 5.75 Å². The molecule has 4 amide bonds. The summed E-state index contributed by atoms with van der Waals surface area (Å²) in [6.07, 6.45) is 1.90. The Labute approximate surface area is 200 Å². The molecule has 2 aliphatic heterocycles. The van der Waals surface area contributed by atoms with Gasteiger partial charge in [0.05, 0.1) is 11.6 Å². The number of amides is 4. The molecule has 2 fully saturated rings. The molecule has 3 aromatic rings. The number of rotatable bonds is 5. The monoisotopic (exact) mass is 478 g/mol. The van der Waals surface area contributed by atoms with Crippen LogP contribution in [0, 0.1) is 0 Å². The van der Waals surface area contributed by atoms with Gasteiger partial charge in [-0.05, 0) is 24.6 Å². The van der Waals surface area contributed by atoms with Crippen molar-refractivity contribution < 1.29 is 23.9 Å². The first kappa shape index (κ1) is 22.6. The van der Waals surface area contributed by atoms with Crippen LogP contribution >= 0.6 is 0 Å². The van der Waals surface area contributed by atoms with E-state index in [-0.39, 0.29) is 35.9 Å². The number of likely N-dealkylation sites (tertiary alicyclic amines) is 1. The van der Waals surface area contributed by atoms with E-state index in [1.54, 1.807) is 15.6 Å². The van der Waals surface area contributed by atoms with E-state index in [1.807, 2.05) is 25.2 Å². The molecule has 5 rings (SSSR count). The zero-order valence-corrected chi connectivity index (χ0v) is 19.2. The van der Waals surface area contributed by atoms with Crippen molar-refractivity contribution in [1.82, 2.24) is 25.0 Å². The highest BCUT2D eigenvalue weighted by Gasteiger charge is 2.32. The second-order valence-electron chi connectivity index (χ2n) is 8.92. The lowest BCUT2D eigenvalue weighted by Crippen LogP contribution is -2.42. The summed E-state index contributed by atoms with van der Waals surface area (Å²) in [7, 11) is 1.81. The highest BCUT2D eigenvalue weighted by Crippen LogP contribution is 2.35. The van der Waals surface area contributed by atoms with Crippen molar-refractivity contribution in [1.29, 1.82) is 0 Å². The van der Waals surface area contributed by atoms with Gasteiger partial charge in [-0.25, -0.2) is 0 Å². The van der Waals surface area contributed by atoms with Crippen molar-refractivity contribution in [2.45, 2.75) is 37.7 Å². The lowest BCUT2D eigenvalue weighted by Gasteiger charge is -2.32. The van der Waals surface area contributed by atoms with Gasteiger partial charge >= 0.3 is 0 Å². The first-order chi connectivity index (χ1) is 16.8.